The van der Waals surface area contributed by atoms with Gasteiger partial charge in [-0.05, 0) is 19.1 Å². The minimum atomic E-state index is -4.58. The van der Waals surface area contributed by atoms with Crippen LogP contribution < -0.4 is 0 Å². The van der Waals surface area contributed by atoms with Crippen molar-refractivity contribution in [2.45, 2.75) is 19.5 Å². The maximum absolute atomic E-state index is 13.1. The van der Waals surface area contributed by atoms with Crippen LogP contribution in [0, 0.1) is 0 Å². The molecule has 0 spiro atoms. The van der Waals surface area contributed by atoms with E-state index in [9.17, 15) is 22.8 Å². The minimum Gasteiger partial charge on any atom is -0.481 e. The van der Waals surface area contributed by atoms with E-state index in [-0.39, 0.29) is 30.9 Å². The highest BCUT2D eigenvalue weighted by Crippen LogP contribution is 2.33. The average molecular weight is 356 g/mol. The molecule has 7 nitrogen and oxygen atoms in total. The Bertz CT molecular complexity index is 773. The number of carbonyl (C=O) groups excluding carboxylic acids is 1. The standard InChI is InChI=1S/C15H15F3N4O3/c1-2-21(8-7-13(23)24)14(25)11-9-22(20-19-11)12-6-4-3-5-10(12)15(16,17)18/h3-6,9H,2,7-8H2,1H3,(H,23,24). The first kappa shape index (κ1) is 18.4. The van der Waals surface area contributed by atoms with Crippen LogP contribution in [-0.4, -0.2) is 50.0 Å². The predicted molar refractivity (Wildman–Crippen MR) is 80.2 cm³/mol. The highest BCUT2D eigenvalue weighted by molar-refractivity contribution is 5.92. The third-order valence-corrected chi connectivity index (χ3v) is 3.43. The lowest BCUT2D eigenvalue weighted by molar-refractivity contribution is -0.138. The molecule has 25 heavy (non-hydrogen) atoms. The maximum atomic E-state index is 13.1. The van der Waals surface area contributed by atoms with E-state index >= 15 is 0 Å². The molecule has 1 aromatic heterocycles. The number of nitrogens with zero attached hydrogens (tertiary/aromatic N) is 4. The molecule has 0 radical (unpaired) electrons. The van der Waals surface area contributed by atoms with Crippen LogP contribution in [0.2, 0.25) is 0 Å². The number of hydrogen-bond acceptors (Lipinski definition) is 4. The fourth-order valence-corrected chi connectivity index (χ4v) is 2.19. The van der Waals surface area contributed by atoms with Crippen LogP contribution in [0.4, 0.5) is 13.2 Å². The van der Waals surface area contributed by atoms with Crippen molar-refractivity contribution in [1.29, 1.82) is 0 Å². The monoisotopic (exact) mass is 356 g/mol. The van der Waals surface area contributed by atoms with Crippen LogP contribution in [0.25, 0.3) is 5.69 Å². The molecule has 134 valence electrons. The summed E-state index contributed by atoms with van der Waals surface area (Å²) in [4.78, 5) is 24.2. The summed E-state index contributed by atoms with van der Waals surface area (Å²) >= 11 is 0. The van der Waals surface area contributed by atoms with Crippen molar-refractivity contribution in [1.82, 2.24) is 19.9 Å². The highest BCUT2D eigenvalue weighted by Gasteiger charge is 2.34. The Balaban J connectivity index is 2.28. The number of rotatable bonds is 6. The lowest BCUT2D eigenvalue weighted by Gasteiger charge is -2.18. The van der Waals surface area contributed by atoms with E-state index in [2.05, 4.69) is 10.3 Å². The topological polar surface area (TPSA) is 88.3 Å². The van der Waals surface area contributed by atoms with Crippen molar-refractivity contribution in [3.63, 3.8) is 0 Å². The molecule has 1 N–H and O–H groups in total. The van der Waals surface area contributed by atoms with Crippen LogP contribution in [0.5, 0.6) is 0 Å². The number of carboxylic acid groups (broad SMARTS) is 1. The van der Waals surface area contributed by atoms with Gasteiger partial charge in [0.25, 0.3) is 5.91 Å². The lowest BCUT2D eigenvalue weighted by atomic mass is 10.1. The second kappa shape index (κ2) is 7.32. The van der Waals surface area contributed by atoms with Crippen molar-refractivity contribution in [3.05, 3.63) is 41.7 Å². The minimum absolute atomic E-state index is 0.0311. The zero-order valence-electron chi connectivity index (χ0n) is 13.2. The van der Waals surface area contributed by atoms with Gasteiger partial charge in [-0.2, -0.15) is 13.2 Å². The van der Waals surface area contributed by atoms with Gasteiger partial charge in [0.2, 0.25) is 0 Å². The molecule has 0 aliphatic rings. The molecular weight excluding hydrogens is 341 g/mol. The molecule has 0 saturated heterocycles. The summed E-state index contributed by atoms with van der Waals surface area (Å²) in [6.45, 7) is 1.86. The largest absolute Gasteiger partial charge is 0.481 e. The molecule has 0 atom stereocenters. The first-order valence-electron chi connectivity index (χ1n) is 7.34. The van der Waals surface area contributed by atoms with Crippen molar-refractivity contribution in [2.75, 3.05) is 13.1 Å². The SMILES string of the molecule is CCN(CCC(=O)O)C(=O)c1cn(-c2ccccc2C(F)(F)F)nn1. The number of carboxylic acids is 1. The molecule has 1 aromatic carbocycles. The summed E-state index contributed by atoms with van der Waals surface area (Å²) in [7, 11) is 0. The van der Waals surface area contributed by atoms with Gasteiger partial charge in [-0.3, -0.25) is 9.59 Å². The van der Waals surface area contributed by atoms with E-state index in [1.54, 1.807) is 6.92 Å². The number of alkyl halides is 3. The number of carbonyl (C=O) groups is 2. The number of hydrogen-bond donors (Lipinski definition) is 1. The van der Waals surface area contributed by atoms with Crippen molar-refractivity contribution in [3.8, 4) is 5.69 Å². The molecule has 10 heteroatoms. The van der Waals surface area contributed by atoms with Crippen LogP contribution in [-0.2, 0) is 11.0 Å². The Morgan fingerprint density at radius 3 is 2.56 bits per heavy atom. The van der Waals surface area contributed by atoms with E-state index in [0.717, 1.165) is 16.9 Å². The Kier molecular flexibility index (Phi) is 5.40. The molecule has 0 fully saturated rings. The van der Waals surface area contributed by atoms with Crippen LogP contribution >= 0.6 is 0 Å². The highest BCUT2D eigenvalue weighted by atomic mass is 19.4. The first-order chi connectivity index (χ1) is 11.7. The van der Waals surface area contributed by atoms with Gasteiger partial charge in [0.15, 0.2) is 5.69 Å². The van der Waals surface area contributed by atoms with Crippen molar-refractivity contribution in [2.24, 2.45) is 0 Å². The molecule has 0 unspecified atom stereocenters. The van der Waals surface area contributed by atoms with Gasteiger partial charge in [0.05, 0.1) is 23.9 Å². The van der Waals surface area contributed by atoms with Gasteiger partial charge in [0, 0.05) is 13.1 Å². The molecular formula is C15H15F3N4O3. The Hall–Kier alpha value is -2.91. The van der Waals surface area contributed by atoms with Gasteiger partial charge >= 0.3 is 12.1 Å². The average Bonchev–Trinajstić information content (AvgIpc) is 3.04. The van der Waals surface area contributed by atoms with Gasteiger partial charge < -0.3 is 10.0 Å². The van der Waals surface area contributed by atoms with E-state index in [1.165, 1.54) is 23.1 Å². The predicted octanol–water partition coefficient (Wildman–Crippen LogP) is 2.22. The molecule has 0 aliphatic heterocycles. The molecule has 0 aliphatic carbocycles. The third kappa shape index (κ3) is 4.34. The maximum Gasteiger partial charge on any atom is 0.418 e. The van der Waals surface area contributed by atoms with Gasteiger partial charge in [-0.15, -0.1) is 5.10 Å². The van der Waals surface area contributed by atoms with E-state index in [1.807, 2.05) is 0 Å². The second-order valence-corrected chi connectivity index (χ2v) is 5.09. The number of benzene rings is 1. The summed E-state index contributed by atoms with van der Waals surface area (Å²) in [6.07, 6.45) is -3.73. The van der Waals surface area contributed by atoms with Crippen molar-refractivity contribution >= 4 is 11.9 Å². The molecule has 0 bridgehead atoms. The summed E-state index contributed by atoms with van der Waals surface area (Å²) in [5.41, 5.74) is -1.32. The lowest BCUT2D eigenvalue weighted by Crippen LogP contribution is -2.33. The third-order valence-electron chi connectivity index (χ3n) is 3.43. The first-order valence-corrected chi connectivity index (χ1v) is 7.34. The van der Waals surface area contributed by atoms with E-state index in [4.69, 9.17) is 5.11 Å². The smallest absolute Gasteiger partial charge is 0.418 e. The summed E-state index contributed by atoms with van der Waals surface area (Å²) in [5.74, 6) is -1.66. The summed E-state index contributed by atoms with van der Waals surface area (Å²) < 4.78 is 40.1. The molecule has 2 rings (SSSR count). The van der Waals surface area contributed by atoms with E-state index < -0.39 is 23.6 Å². The van der Waals surface area contributed by atoms with Gasteiger partial charge in [-0.25, -0.2) is 4.68 Å². The summed E-state index contributed by atoms with van der Waals surface area (Å²) in [5, 5.41) is 15.9. The Labute approximate surface area is 140 Å². The van der Waals surface area contributed by atoms with Gasteiger partial charge in [0.1, 0.15) is 0 Å². The number of amides is 1. The van der Waals surface area contributed by atoms with E-state index in [0.29, 0.717) is 0 Å². The zero-order valence-corrected chi connectivity index (χ0v) is 13.2. The second-order valence-electron chi connectivity index (χ2n) is 5.09. The fourth-order valence-electron chi connectivity index (χ4n) is 2.19. The quantitative estimate of drug-likeness (QED) is 0.857. The molecule has 1 heterocycles. The molecule has 2 aromatic rings. The number of aromatic nitrogens is 3. The van der Waals surface area contributed by atoms with Crippen molar-refractivity contribution < 1.29 is 27.9 Å². The number of halogens is 3. The number of para-hydroxylation sites is 1. The van der Waals surface area contributed by atoms with Crippen LogP contribution in [0.1, 0.15) is 29.4 Å². The Morgan fingerprint density at radius 2 is 1.96 bits per heavy atom. The van der Waals surface area contributed by atoms with Crippen LogP contribution in [0.3, 0.4) is 0 Å². The van der Waals surface area contributed by atoms with Crippen LogP contribution in [0.15, 0.2) is 30.5 Å². The Morgan fingerprint density at radius 1 is 1.28 bits per heavy atom. The number of aliphatic carboxylic acids is 1. The van der Waals surface area contributed by atoms with Gasteiger partial charge in [-0.1, -0.05) is 17.3 Å². The molecule has 1 amide bonds. The molecule has 0 saturated carbocycles. The normalized spacial score (nSPS) is 11.4. The fraction of sp³-hybridized carbons (Fsp3) is 0.333. The zero-order chi connectivity index (χ0) is 18.6. The summed E-state index contributed by atoms with van der Waals surface area (Å²) in [6, 6.07) is 4.79.